The Bertz CT molecular complexity index is 1300. The second-order valence-corrected chi connectivity index (χ2v) is 12.1. The molecular formula is C29H27N2O2P. The quantitative estimate of drug-likeness (QED) is 0.321. The van der Waals surface area contributed by atoms with Gasteiger partial charge in [-0.3, -0.25) is 0 Å². The molecule has 0 amide bonds. The number of benzene rings is 4. The van der Waals surface area contributed by atoms with Gasteiger partial charge in [-0.15, -0.1) is 0 Å². The summed E-state index contributed by atoms with van der Waals surface area (Å²) < 4.78 is 10.7. The van der Waals surface area contributed by atoms with Gasteiger partial charge in [-0.05, 0) is 0 Å². The molecule has 5 heteroatoms. The SMILES string of the molecule is COc1nc2ccc(C[PH](c3ccccc3)(c3ccccc3)c3ccccc3)cc2nc1OC. The second kappa shape index (κ2) is 9.62. The Morgan fingerprint density at radius 2 is 1.00 bits per heavy atom. The van der Waals surface area contributed by atoms with E-state index in [9.17, 15) is 0 Å². The van der Waals surface area contributed by atoms with Crippen LogP contribution >= 0.6 is 7.26 Å². The molecule has 1 aromatic heterocycles. The molecule has 0 bridgehead atoms. The zero-order chi connectivity index (χ0) is 23.4. The second-order valence-electron chi connectivity index (χ2n) is 8.25. The first kappa shape index (κ1) is 22.1. The summed E-state index contributed by atoms with van der Waals surface area (Å²) in [4.78, 5) is 9.26. The van der Waals surface area contributed by atoms with Gasteiger partial charge in [0.25, 0.3) is 0 Å². The van der Waals surface area contributed by atoms with E-state index in [4.69, 9.17) is 9.47 Å². The van der Waals surface area contributed by atoms with Crippen molar-refractivity contribution in [2.45, 2.75) is 6.16 Å². The molecule has 0 radical (unpaired) electrons. The molecular weight excluding hydrogens is 439 g/mol. The molecule has 0 spiro atoms. The standard InChI is InChI=1S/C29H27N2O2P/c1-32-28-29(33-2)31-27-20-22(18-19-26(27)30-28)21-34(23-12-6-3-7-13-23,24-14-8-4-9-15-24)25-16-10-5-11-17-25/h3-20,34H,21H2,1-2H3. The zero-order valence-electron chi connectivity index (χ0n) is 19.3. The topological polar surface area (TPSA) is 44.2 Å². The summed E-state index contributed by atoms with van der Waals surface area (Å²) in [6, 6.07) is 39.1. The summed E-state index contributed by atoms with van der Waals surface area (Å²) in [5.74, 6) is 0.786. The average molecular weight is 467 g/mol. The fourth-order valence-corrected chi connectivity index (χ4v) is 9.45. The molecule has 0 saturated heterocycles. The van der Waals surface area contributed by atoms with Gasteiger partial charge in [0, 0.05) is 0 Å². The minimum absolute atomic E-state index is 0.393. The average Bonchev–Trinajstić information content (AvgIpc) is 2.92. The van der Waals surface area contributed by atoms with Crippen molar-refractivity contribution in [3.05, 3.63) is 115 Å². The first-order chi connectivity index (χ1) is 16.7. The van der Waals surface area contributed by atoms with E-state index in [0.717, 1.165) is 17.2 Å². The summed E-state index contributed by atoms with van der Waals surface area (Å²) in [7, 11) is 0.764. The predicted octanol–water partition coefficient (Wildman–Crippen LogP) is 4.87. The van der Waals surface area contributed by atoms with Crippen molar-refractivity contribution in [2.75, 3.05) is 14.2 Å². The third-order valence-corrected chi connectivity index (χ3v) is 11.2. The van der Waals surface area contributed by atoms with Crippen molar-refractivity contribution < 1.29 is 9.47 Å². The monoisotopic (exact) mass is 466 g/mol. The van der Waals surface area contributed by atoms with Crippen molar-refractivity contribution in [1.82, 2.24) is 9.97 Å². The normalized spacial score (nSPS) is 11.8. The molecule has 0 N–H and O–H groups in total. The van der Waals surface area contributed by atoms with Crippen molar-refractivity contribution >= 4 is 34.2 Å². The van der Waals surface area contributed by atoms with E-state index in [-0.39, 0.29) is 0 Å². The number of aromatic nitrogens is 2. The Kier molecular flexibility index (Phi) is 6.24. The molecule has 0 fully saturated rings. The summed E-state index contributed by atoms with van der Waals surface area (Å²) >= 11 is 0. The third kappa shape index (κ3) is 4.02. The van der Waals surface area contributed by atoms with E-state index >= 15 is 0 Å². The summed E-state index contributed by atoms with van der Waals surface area (Å²) in [6.07, 6.45) is 0.900. The summed E-state index contributed by atoms with van der Waals surface area (Å²) in [6.45, 7) is 0. The number of hydrogen-bond donors (Lipinski definition) is 0. The Hall–Kier alpha value is -3.75. The van der Waals surface area contributed by atoms with Gasteiger partial charge in [-0.1, -0.05) is 0 Å². The molecule has 0 aliphatic heterocycles. The molecule has 5 aromatic rings. The molecule has 34 heavy (non-hydrogen) atoms. The maximum atomic E-state index is 5.40. The van der Waals surface area contributed by atoms with Crippen LogP contribution in [-0.4, -0.2) is 24.2 Å². The summed E-state index contributed by atoms with van der Waals surface area (Å²) in [5.41, 5.74) is 2.80. The summed E-state index contributed by atoms with van der Waals surface area (Å²) in [5, 5.41) is 4.14. The van der Waals surface area contributed by atoms with Crippen LogP contribution in [0.1, 0.15) is 5.56 Å². The molecule has 0 atom stereocenters. The minimum atomic E-state index is -2.40. The number of nitrogens with zero attached hydrogens (tertiary/aromatic N) is 2. The van der Waals surface area contributed by atoms with Crippen LogP contribution in [0.25, 0.3) is 11.0 Å². The van der Waals surface area contributed by atoms with Gasteiger partial charge in [0.05, 0.1) is 0 Å². The van der Waals surface area contributed by atoms with Crippen LogP contribution in [0.2, 0.25) is 0 Å². The number of hydrogen-bond acceptors (Lipinski definition) is 4. The van der Waals surface area contributed by atoms with Crippen LogP contribution in [-0.2, 0) is 6.16 Å². The van der Waals surface area contributed by atoms with Crippen LogP contribution < -0.4 is 25.4 Å². The molecule has 0 saturated carbocycles. The van der Waals surface area contributed by atoms with Gasteiger partial charge in [0.15, 0.2) is 0 Å². The van der Waals surface area contributed by atoms with Crippen LogP contribution in [0.5, 0.6) is 11.8 Å². The molecule has 0 aliphatic rings. The number of methoxy groups -OCH3 is 2. The number of fused-ring (bicyclic) bond motifs is 1. The number of rotatable bonds is 7. The van der Waals surface area contributed by atoms with E-state index in [2.05, 4.69) is 113 Å². The van der Waals surface area contributed by atoms with E-state index in [1.165, 1.54) is 21.5 Å². The Balaban J connectivity index is 1.72. The fraction of sp³-hybridized carbons (Fsp3) is 0.103. The van der Waals surface area contributed by atoms with Gasteiger partial charge in [-0.2, -0.15) is 0 Å². The van der Waals surface area contributed by atoms with E-state index in [1.54, 1.807) is 14.2 Å². The van der Waals surface area contributed by atoms with Crippen molar-refractivity contribution in [3.8, 4) is 11.8 Å². The first-order valence-corrected chi connectivity index (χ1v) is 13.5. The molecule has 4 nitrogen and oxygen atoms in total. The molecule has 5 rings (SSSR count). The predicted molar refractivity (Wildman–Crippen MR) is 143 cm³/mol. The van der Waals surface area contributed by atoms with Crippen molar-refractivity contribution in [2.24, 2.45) is 0 Å². The van der Waals surface area contributed by atoms with Crippen LogP contribution in [0, 0.1) is 0 Å². The Morgan fingerprint density at radius 3 is 1.44 bits per heavy atom. The Labute approximate surface area is 200 Å². The van der Waals surface area contributed by atoms with Gasteiger partial charge < -0.3 is 0 Å². The van der Waals surface area contributed by atoms with E-state index in [0.29, 0.717) is 11.8 Å². The molecule has 4 aromatic carbocycles. The maximum absolute atomic E-state index is 5.40. The van der Waals surface area contributed by atoms with E-state index in [1.807, 2.05) is 6.07 Å². The molecule has 0 unspecified atom stereocenters. The van der Waals surface area contributed by atoms with Crippen molar-refractivity contribution in [1.29, 1.82) is 0 Å². The molecule has 1 heterocycles. The Morgan fingerprint density at radius 1 is 0.559 bits per heavy atom. The first-order valence-electron chi connectivity index (χ1n) is 11.3. The number of ether oxygens (including phenoxy) is 2. The van der Waals surface area contributed by atoms with Crippen LogP contribution in [0.3, 0.4) is 0 Å². The van der Waals surface area contributed by atoms with Crippen molar-refractivity contribution in [3.63, 3.8) is 0 Å². The zero-order valence-corrected chi connectivity index (χ0v) is 20.3. The van der Waals surface area contributed by atoms with Crippen LogP contribution in [0.4, 0.5) is 0 Å². The van der Waals surface area contributed by atoms with Gasteiger partial charge in [0.1, 0.15) is 0 Å². The van der Waals surface area contributed by atoms with E-state index < -0.39 is 7.26 Å². The molecule has 0 aliphatic carbocycles. The third-order valence-electron chi connectivity index (χ3n) is 6.32. The van der Waals surface area contributed by atoms with Gasteiger partial charge >= 0.3 is 201 Å². The van der Waals surface area contributed by atoms with Crippen LogP contribution in [0.15, 0.2) is 109 Å². The van der Waals surface area contributed by atoms with Gasteiger partial charge in [-0.25, -0.2) is 0 Å². The van der Waals surface area contributed by atoms with Gasteiger partial charge in [0.2, 0.25) is 0 Å². The fourth-order valence-electron chi connectivity index (χ4n) is 4.72. The molecule has 170 valence electrons.